The van der Waals surface area contributed by atoms with Gasteiger partial charge in [-0.2, -0.15) is 0 Å². The standard InChI is InChI=1S/C13H21NO3S/c1-3-10-18(16,17)13-7-5-4-6-12(13)14-11(2)8-9-15/h4-7,11,14-15H,3,8-10H2,1-2H3. The molecule has 1 aromatic carbocycles. The summed E-state index contributed by atoms with van der Waals surface area (Å²) in [6, 6.07) is 6.95. The summed E-state index contributed by atoms with van der Waals surface area (Å²) in [6.45, 7) is 3.85. The summed E-state index contributed by atoms with van der Waals surface area (Å²) in [5, 5.41) is 12.0. The number of rotatable bonds is 7. The molecule has 2 N–H and O–H groups in total. The SMILES string of the molecule is CCCS(=O)(=O)c1ccccc1NC(C)CCO. The molecule has 0 saturated carbocycles. The number of benzene rings is 1. The van der Waals surface area contributed by atoms with Gasteiger partial charge in [-0.25, -0.2) is 8.42 Å². The van der Waals surface area contributed by atoms with E-state index in [1.54, 1.807) is 24.3 Å². The number of aliphatic hydroxyl groups is 1. The molecule has 0 fully saturated rings. The van der Waals surface area contributed by atoms with Crippen LogP contribution in [0.15, 0.2) is 29.2 Å². The average Bonchev–Trinajstić information content (AvgIpc) is 2.29. The van der Waals surface area contributed by atoms with Crippen molar-refractivity contribution in [3.8, 4) is 0 Å². The van der Waals surface area contributed by atoms with Gasteiger partial charge in [-0.3, -0.25) is 0 Å². The molecule has 0 aliphatic carbocycles. The number of nitrogens with one attached hydrogen (secondary N) is 1. The van der Waals surface area contributed by atoms with E-state index >= 15 is 0 Å². The van der Waals surface area contributed by atoms with Crippen LogP contribution in [0, 0.1) is 0 Å². The second-order valence-electron chi connectivity index (χ2n) is 4.37. The number of aliphatic hydroxyl groups excluding tert-OH is 1. The van der Waals surface area contributed by atoms with Gasteiger partial charge in [0.15, 0.2) is 9.84 Å². The molecule has 0 heterocycles. The Morgan fingerprint density at radius 1 is 1.33 bits per heavy atom. The largest absolute Gasteiger partial charge is 0.396 e. The summed E-state index contributed by atoms with van der Waals surface area (Å²) in [5.41, 5.74) is 0.618. The number of hydrogen-bond donors (Lipinski definition) is 2. The topological polar surface area (TPSA) is 66.4 Å². The fourth-order valence-electron chi connectivity index (χ4n) is 1.77. The molecule has 4 nitrogen and oxygen atoms in total. The lowest BCUT2D eigenvalue weighted by Gasteiger charge is -2.17. The Labute approximate surface area is 109 Å². The van der Waals surface area contributed by atoms with Crippen LogP contribution in [0.5, 0.6) is 0 Å². The zero-order valence-electron chi connectivity index (χ0n) is 10.9. The molecule has 5 heteroatoms. The van der Waals surface area contributed by atoms with Crippen LogP contribution in [0.3, 0.4) is 0 Å². The Kier molecular flexibility index (Phi) is 5.62. The maximum Gasteiger partial charge on any atom is 0.180 e. The Morgan fingerprint density at radius 2 is 2.00 bits per heavy atom. The minimum absolute atomic E-state index is 0.0352. The fourth-order valence-corrected chi connectivity index (χ4v) is 3.27. The predicted octanol–water partition coefficient (Wildman–Crippen LogP) is 2.05. The van der Waals surface area contributed by atoms with Gasteiger partial charge in [0.25, 0.3) is 0 Å². The third-order valence-corrected chi connectivity index (χ3v) is 4.63. The molecule has 0 radical (unpaired) electrons. The molecule has 0 spiro atoms. The molecular formula is C13H21NO3S. The van der Waals surface area contributed by atoms with Gasteiger partial charge in [-0.1, -0.05) is 19.1 Å². The van der Waals surface area contributed by atoms with Crippen LogP contribution in [-0.2, 0) is 9.84 Å². The highest BCUT2D eigenvalue weighted by Crippen LogP contribution is 2.23. The quantitative estimate of drug-likeness (QED) is 0.796. The molecule has 0 aliphatic heterocycles. The first kappa shape index (κ1) is 15.0. The van der Waals surface area contributed by atoms with Gasteiger partial charge in [0, 0.05) is 12.6 Å². The normalized spacial score (nSPS) is 13.3. The van der Waals surface area contributed by atoms with Gasteiger partial charge in [0.2, 0.25) is 0 Å². The Hall–Kier alpha value is -1.07. The monoisotopic (exact) mass is 271 g/mol. The molecule has 102 valence electrons. The molecular weight excluding hydrogens is 250 g/mol. The Bertz CT molecular complexity index is 471. The number of hydrogen-bond acceptors (Lipinski definition) is 4. The van der Waals surface area contributed by atoms with Crippen molar-refractivity contribution in [2.75, 3.05) is 17.7 Å². The lowest BCUT2D eigenvalue weighted by atomic mass is 10.2. The third kappa shape index (κ3) is 3.99. The molecule has 0 aromatic heterocycles. The van der Waals surface area contributed by atoms with Crippen LogP contribution >= 0.6 is 0 Å². The van der Waals surface area contributed by atoms with E-state index in [4.69, 9.17) is 5.11 Å². The first-order valence-corrected chi connectivity index (χ1v) is 7.85. The number of sulfone groups is 1. The maximum atomic E-state index is 12.1. The van der Waals surface area contributed by atoms with E-state index in [9.17, 15) is 8.42 Å². The molecule has 0 aliphatic rings. The van der Waals surface area contributed by atoms with E-state index in [1.165, 1.54) is 0 Å². The van der Waals surface area contributed by atoms with Crippen molar-refractivity contribution >= 4 is 15.5 Å². The lowest BCUT2D eigenvalue weighted by Crippen LogP contribution is -2.19. The summed E-state index contributed by atoms with van der Waals surface area (Å²) in [4.78, 5) is 0.344. The second kappa shape index (κ2) is 6.75. The molecule has 1 unspecified atom stereocenters. The first-order valence-electron chi connectivity index (χ1n) is 6.20. The minimum Gasteiger partial charge on any atom is -0.396 e. The van der Waals surface area contributed by atoms with Crippen LogP contribution in [0.4, 0.5) is 5.69 Å². The molecule has 0 amide bonds. The van der Waals surface area contributed by atoms with Crippen molar-refractivity contribution in [1.29, 1.82) is 0 Å². The third-order valence-electron chi connectivity index (χ3n) is 2.66. The predicted molar refractivity (Wildman–Crippen MR) is 73.6 cm³/mol. The van der Waals surface area contributed by atoms with Crippen molar-refractivity contribution in [2.24, 2.45) is 0 Å². The molecule has 1 atom stereocenters. The van der Waals surface area contributed by atoms with Crippen molar-refractivity contribution in [1.82, 2.24) is 0 Å². The first-order chi connectivity index (χ1) is 8.51. The summed E-state index contributed by atoms with van der Waals surface area (Å²) in [6.07, 6.45) is 1.19. The average molecular weight is 271 g/mol. The summed E-state index contributed by atoms with van der Waals surface area (Å²) < 4.78 is 24.2. The van der Waals surface area contributed by atoms with Crippen molar-refractivity contribution < 1.29 is 13.5 Å². The van der Waals surface area contributed by atoms with Crippen molar-refractivity contribution in [3.05, 3.63) is 24.3 Å². The van der Waals surface area contributed by atoms with Crippen LogP contribution < -0.4 is 5.32 Å². The molecule has 0 saturated heterocycles. The Balaban J connectivity index is 3.00. The molecule has 1 aromatic rings. The zero-order chi connectivity index (χ0) is 13.6. The highest BCUT2D eigenvalue weighted by atomic mass is 32.2. The van der Waals surface area contributed by atoms with Gasteiger partial charge in [-0.15, -0.1) is 0 Å². The molecule has 18 heavy (non-hydrogen) atoms. The van der Waals surface area contributed by atoms with E-state index in [0.717, 1.165) is 0 Å². The smallest absolute Gasteiger partial charge is 0.180 e. The number of anilines is 1. The lowest BCUT2D eigenvalue weighted by molar-refractivity contribution is 0.282. The summed E-state index contributed by atoms with van der Waals surface area (Å²) in [5.74, 6) is 0.153. The van der Waals surface area contributed by atoms with Gasteiger partial charge < -0.3 is 10.4 Å². The highest BCUT2D eigenvalue weighted by Gasteiger charge is 2.17. The summed E-state index contributed by atoms with van der Waals surface area (Å²) in [7, 11) is -3.23. The van der Waals surface area contributed by atoms with Crippen LogP contribution in [-0.4, -0.2) is 31.9 Å². The minimum atomic E-state index is -3.23. The van der Waals surface area contributed by atoms with Crippen LogP contribution in [0.2, 0.25) is 0 Å². The second-order valence-corrected chi connectivity index (χ2v) is 6.45. The van der Waals surface area contributed by atoms with Crippen molar-refractivity contribution in [3.63, 3.8) is 0 Å². The van der Waals surface area contributed by atoms with Gasteiger partial charge >= 0.3 is 0 Å². The van der Waals surface area contributed by atoms with Gasteiger partial charge in [-0.05, 0) is 31.9 Å². The van der Waals surface area contributed by atoms with Crippen LogP contribution in [0.25, 0.3) is 0 Å². The number of para-hydroxylation sites is 1. The van der Waals surface area contributed by atoms with E-state index in [2.05, 4.69) is 5.32 Å². The van der Waals surface area contributed by atoms with Crippen LogP contribution in [0.1, 0.15) is 26.7 Å². The molecule has 0 bridgehead atoms. The van der Waals surface area contributed by atoms with E-state index in [-0.39, 0.29) is 18.4 Å². The molecule has 1 rings (SSSR count). The highest BCUT2D eigenvalue weighted by molar-refractivity contribution is 7.91. The Morgan fingerprint density at radius 3 is 2.61 bits per heavy atom. The maximum absolute atomic E-state index is 12.1. The van der Waals surface area contributed by atoms with Gasteiger partial charge in [0.05, 0.1) is 16.3 Å². The van der Waals surface area contributed by atoms with Gasteiger partial charge in [0.1, 0.15) is 0 Å². The van der Waals surface area contributed by atoms with E-state index in [1.807, 2.05) is 13.8 Å². The summed E-state index contributed by atoms with van der Waals surface area (Å²) >= 11 is 0. The fraction of sp³-hybridized carbons (Fsp3) is 0.538. The van der Waals surface area contributed by atoms with Crippen molar-refractivity contribution in [2.45, 2.75) is 37.6 Å². The van der Waals surface area contributed by atoms with E-state index in [0.29, 0.717) is 23.4 Å². The van der Waals surface area contributed by atoms with E-state index < -0.39 is 9.84 Å². The zero-order valence-corrected chi connectivity index (χ0v) is 11.7.